The minimum Gasteiger partial charge on any atom is -0.481 e. The molecule has 0 spiro atoms. The van der Waals surface area contributed by atoms with Gasteiger partial charge >= 0.3 is 5.97 Å². The van der Waals surface area contributed by atoms with Crippen molar-refractivity contribution >= 4 is 30.0 Å². The molecular formula is C14H18ClFN2O3. The Bertz CT molecular complexity index is 505. The topological polar surface area (TPSA) is 69.6 Å². The van der Waals surface area contributed by atoms with Gasteiger partial charge in [-0.2, -0.15) is 0 Å². The van der Waals surface area contributed by atoms with E-state index >= 15 is 0 Å². The summed E-state index contributed by atoms with van der Waals surface area (Å²) in [6.45, 7) is 1.38. The molecule has 0 bridgehead atoms. The number of carbonyl (C=O) groups is 2. The second-order valence-electron chi connectivity index (χ2n) is 4.95. The second-order valence-corrected chi connectivity index (χ2v) is 4.95. The monoisotopic (exact) mass is 316 g/mol. The van der Waals surface area contributed by atoms with Gasteiger partial charge in [-0.25, -0.2) is 4.39 Å². The van der Waals surface area contributed by atoms with Crippen LogP contribution in [0.2, 0.25) is 0 Å². The number of nitrogens with one attached hydrogen (secondary N) is 1. The molecule has 0 aromatic heterocycles. The average Bonchev–Trinajstić information content (AvgIpc) is 2.39. The van der Waals surface area contributed by atoms with Crippen molar-refractivity contribution < 1.29 is 19.1 Å². The van der Waals surface area contributed by atoms with Crippen LogP contribution in [0, 0.1) is 11.7 Å². The van der Waals surface area contributed by atoms with Crippen LogP contribution in [0.25, 0.3) is 0 Å². The Morgan fingerprint density at radius 3 is 2.57 bits per heavy atom. The molecule has 116 valence electrons. The Labute approximate surface area is 128 Å². The van der Waals surface area contributed by atoms with Crippen molar-refractivity contribution in [2.45, 2.75) is 12.8 Å². The van der Waals surface area contributed by atoms with Gasteiger partial charge in [0.15, 0.2) is 0 Å². The van der Waals surface area contributed by atoms with E-state index < -0.39 is 11.8 Å². The maximum absolute atomic E-state index is 13.0. The first kappa shape index (κ1) is 17.4. The number of carboxylic acids is 1. The third-order valence-electron chi connectivity index (χ3n) is 3.41. The van der Waals surface area contributed by atoms with E-state index in [2.05, 4.69) is 5.32 Å². The smallest absolute Gasteiger partial charge is 0.306 e. The first-order chi connectivity index (χ1) is 9.54. The van der Waals surface area contributed by atoms with Crippen molar-refractivity contribution in [3.05, 3.63) is 30.1 Å². The summed E-state index contributed by atoms with van der Waals surface area (Å²) in [5.74, 6) is -1.69. The summed E-state index contributed by atoms with van der Waals surface area (Å²) in [5.41, 5.74) is 0.426. The standard InChI is InChI=1S/C14H17FN2O3.ClH/c15-11-2-1-3-12(8-11)16-13(18)9-17-6-4-10(5-7-17)14(19)20;/h1-3,8,10H,4-7,9H2,(H,16,18)(H,19,20);1H. The van der Waals surface area contributed by atoms with Gasteiger partial charge in [0.2, 0.25) is 5.91 Å². The third kappa shape index (κ3) is 5.32. The maximum atomic E-state index is 13.0. The number of piperidine rings is 1. The first-order valence-electron chi connectivity index (χ1n) is 6.55. The van der Waals surface area contributed by atoms with Crippen LogP contribution in [-0.4, -0.2) is 41.5 Å². The molecule has 7 heteroatoms. The van der Waals surface area contributed by atoms with Crippen molar-refractivity contribution in [1.29, 1.82) is 0 Å². The number of aliphatic carboxylic acids is 1. The lowest BCUT2D eigenvalue weighted by Gasteiger charge is -2.29. The highest BCUT2D eigenvalue weighted by Crippen LogP contribution is 2.17. The number of hydrogen-bond acceptors (Lipinski definition) is 3. The molecule has 1 saturated heterocycles. The van der Waals surface area contributed by atoms with E-state index in [1.807, 2.05) is 4.90 Å². The predicted octanol–water partition coefficient (Wildman–Crippen LogP) is 1.98. The SMILES string of the molecule is Cl.O=C(CN1CCC(C(=O)O)CC1)Nc1cccc(F)c1. The molecule has 5 nitrogen and oxygen atoms in total. The summed E-state index contributed by atoms with van der Waals surface area (Å²) in [7, 11) is 0. The van der Waals surface area contributed by atoms with Crippen molar-refractivity contribution in [2.75, 3.05) is 25.0 Å². The Balaban J connectivity index is 0.00000220. The number of nitrogens with zero attached hydrogens (tertiary/aromatic N) is 1. The van der Waals surface area contributed by atoms with E-state index in [0.29, 0.717) is 31.6 Å². The molecule has 0 unspecified atom stereocenters. The zero-order valence-corrected chi connectivity index (χ0v) is 12.2. The van der Waals surface area contributed by atoms with Crippen molar-refractivity contribution in [3.8, 4) is 0 Å². The highest BCUT2D eigenvalue weighted by molar-refractivity contribution is 5.92. The number of rotatable bonds is 4. The molecule has 21 heavy (non-hydrogen) atoms. The molecule has 1 amide bonds. The molecule has 0 saturated carbocycles. The Kier molecular flexibility index (Phi) is 6.58. The van der Waals surface area contributed by atoms with Gasteiger partial charge in [-0.3, -0.25) is 14.5 Å². The lowest BCUT2D eigenvalue weighted by Crippen LogP contribution is -2.40. The lowest BCUT2D eigenvalue weighted by molar-refractivity contribution is -0.143. The highest BCUT2D eigenvalue weighted by atomic mass is 35.5. The molecule has 2 rings (SSSR count). The van der Waals surface area contributed by atoms with E-state index in [1.54, 1.807) is 6.07 Å². The van der Waals surface area contributed by atoms with Crippen molar-refractivity contribution in [2.24, 2.45) is 5.92 Å². The molecule has 1 aromatic carbocycles. The summed E-state index contributed by atoms with van der Waals surface area (Å²) in [4.78, 5) is 24.5. The summed E-state index contributed by atoms with van der Waals surface area (Å²) in [6, 6.07) is 5.72. The van der Waals surface area contributed by atoms with Gasteiger partial charge < -0.3 is 10.4 Å². The third-order valence-corrected chi connectivity index (χ3v) is 3.41. The van der Waals surface area contributed by atoms with Crippen LogP contribution in [0.3, 0.4) is 0 Å². The Morgan fingerprint density at radius 2 is 2.00 bits per heavy atom. The number of carbonyl (C=O) groups excluding carboxylic acids is 1. The largest absolute Gasteiger partial charge is 0.481 e. The number of hydrogen-bond donors (Lipinski definition) is 2. The fraction of sp³-hybridized carbons (Fsp3) is 0.429. The van der Waals surface area contributed by atoms with Crippen molar-refractivity contribution in [1.82, 2.24) is 4.90 Å². The zero-order chi connectivity index (χ0) is 14.5. The van der Waals surface area contributed by atoms with Crippen LogP contribution >= 0.6 is 12.4 Å². The fourth-order valence-corrected chi connectivity index (χ4v) is 2.31. The molecule has 1 aliphatic heterocycles. The van der Waals surface area contributed by atoms with Gasteiger partial charge in [-0.1, -0.05) is 6.07 Å². The molecular weight excluding hydrogens is 299 g/mol. The van der Waals surface area contributed by atoms with Crippen LogP contribution in [0.4, 0.5) is 10.1 Å². The van der Waals surface area contributed by atoms with Crippen LogP contribution in [-0.2, 0) is 9.59 Å². The van der Waals surface area contributed by atoms with Gasteiger partial charge in [-0.15, -0.1) is 12.4 Å². The molecule has 1 fully saturated rings. The molecule has 0 radical (unpaired) electrons. The fourth-order valence-electron chi connectivity index (χ4n) is 2.31. The molecule has 2 N–H and O–H groups in total. The van der Waals surface area contributed by atoms with Gasteiger partial charge in [0, 0.05) is 5.69 Å². The van der Waals surface area contributed by atoms with Crippen LogP contribution in [0.15, 0.2) is 24.3 Å². The molecule has 1 aliphatic rings. The molecule has 1 heterocycles. The molecule has 1 aromatic rings. The van der Waals surface area contributed by atoms with Gasteiger partial charge in [0.05, 0.1) is 12.5 Å². The van der Waals surface area contributed by atoms with E-state index in [0.717, 1.165) is 0 Å². The summed E-state index contributed by atoms with van der Waals surface area (Å²) in [5, 5.41) is 11.5. The van der Waals surface area contributed by atoms with Crippen LogP contribution < -0.4 is 5.32 Å². The van der Waals surface area contributed by atoms with Gasteiger partial charge in [-0.05, 0) is 44.1 Å². The minimum absolute atomic E-state index is 0. The number of amides is 1. The lowest BCUT2D eigenvalue weighted by atomic mass is 9.97. The number of halogens is 2. The zero-order valence-electron chi connectivity index (χ0n) is 11.4. The number of benzene rings is 1. The highest BCUT2D eigenvalue weighted by Gasteiger charge is 2.25. The summed E-state index contributed by atoms with van der Waals surface area (Å²) in [6.07, 6.45) is 1.12. The molecule has 0 atom stereocenters. The Morgan fingerprint density at radius 1 is 1.33 bits per heavy atom. The van der Waals surface area contributed by atoms with E-state index in [9.17, 15) is 14.0 Å². The second kappa shape index (κ2) is 7.95. The number of likely N-dealkylation sites (tertiary alicyclic amines) is 1. The van der Waals surface area contributed by atoms with E-state index in [-0.39, 0.29) is 30.8 Å². The summed E-state index contributed by atoms with van der Waals surface area (Å²) >= 11 is 0. The predicted molar refractivity (Wildman–Crippen MR) is 79.1 cm³/mol. The Hall–Kier alpha value is -1.66. The minimum atomic E-state index is -0.770. The van der Waals surface area contributed by atoms with E-state index in [4.69, 9.17) is 5.11 Å². The maximum Gasteiger partial charge on any atom is 0.306 e. The molecule has 0 aliphatic carbocycles. The normalized spacial score (nSPS) is 16.0. The number of carboxylic acid groups (broad SMARTS) is 1. The van der Waals surface area contributed by atoms with Gasteiger partial charge in [0.1, 0.15) is 5.82 Å². The number of anilines is 1. The van der Waals surface area contributed by atoms with Gasteiger partial charge in [0.25, 0.3) is 0 Å². The van der Waals surface area contributed by atoms with E-state index in [1.165, 1.54) is 18.2 Å². The first-order valence-corrected chi connectivity index (χ1v) is 6.55. The summed E-state index contributed by atoms with van der Waals surface area (Å²) < 4.78 is 13.0. The quantitative estimate of drug-likeness (QED) is 0.891. The van der Waals surface area contributed by atoms with Crippen LogP contribution in [0.1, 0.15) is 12.8 Å². The van der Waals surface area contributed by atoms with Crippen molar-refractivity contribution in [3.63, 3.8) is 0 Å². The van der Waals surface area contributed by atoms with Crippen LogP contribution in [0.5, 0.6) is 0 Å². The average molecular weight is 317 g/mol.